The van der Waals surface area contributed by atoms with Crippen LogP contribution in [0.25, 0.3) is 11.0 Å². The molecule has 1 amide bonds. The fourth-order valence-electron chi connectivity index (χ4n) is 2.25. The first-order valence-electron chi connectivity index (χ1n) is 6.66. The average molecular weight is 370 g/mol. The van der Waals surface area contributed by atoms with Gasteiger partial charge in [0.05, 0.1) is 33.3 Å². The summed E-state index contributed by atoms with van der Waals surface area (Å²) in [7, 11) is 0. The maximum Gasteiger partial charge on any atom is 0.244 e. The summed E-state index contributed by atoms with van der Waals surface area (Å²) >= 11 is 18.0. The molecule has 0 radical (unpaired) electrons. The van der Waals surface area contributed by atoms with Crippen molar-refractivity contribution in [3.05, 3.63) is 51.5 Å². The highest BCUT2D eigenvalue weighted by Crippen LogP contribution is 2.33. The van der Waals surface area contributed by atoms with Crippen molar-refractivity contribution in [1.82, 2.24) is 14.5 Å². The molecule has 23 heavy (non-hydrogen) atoms. The van der Waals surface area contributed by atoms with Crippen LogP contribution in [-0.2, 0) is 11.3 Å². The number of hydrogen-bond donors (Lipinski definition) is 1. The monoisotopic (exact) mass is 368 g/mol. The normalized spacial score (nSPS) is 11.0. The van der Waals surface area contributed by atoms with Gasteiger partial charge in [0.25, 0.3) is 0 Å². The number of amides is 1. The fraction of sp³-hybridized carbons (Fsp3) is 0.133. The van der Waals surface area contributed by atoms with Gasteiger partial charge < -0.3 is 9.88 Å². The Bertz CT molecular complexity index is 884. The van der Waals surface area contributed by atoms with Crippen LogP contribution in [-0.4, -0.2) is 20.4 Å². The van der Waals surface area contributed by atoms with Gasteiger partial charge in [-0.15, -0.1) is 0 Å². The number of aryl methyl sites for hydroxylation is 1. The number of nitrogens with zero attached hydrogens (tertiary/aromatic N) is 3. The standard InChI is InChI=1S/C15H11Cl3N4O/c1-8-14-12(2-3-19-8)22(7-20-14)6-13(23)21-15-10(17)4-9(16)5-11(15)18/h2-5,7H,6H2,1H3,(H,21,23). The van der Waals surface area contributed by atoms with Crippen LogP contribution in [0.3, 0.4) is 0 Å². The third-order valence-corrected chi connectivity index (χ3v) is 4.12. The van der Waals surface area contributed by atoms with Crippen molar-refractivity contribution >= 4 is 57.4 Å². The molecule has 0 aliphatic carbocycles. The number of carbonyl (C=O) groups is 1. The number of aromatic nitrogens is 3. The molecule has 8 heteroatoms. The molecule has 0 fully saturated rings. The van der Waals surface area contributed by atoms with Crippen LogP contribution in [0.4, 0.5) is 5.69 Å². The second-order valence-electron chi connectivity index (χ2n) is 4.93. The number of imidazole rings is 1. The van der Waals surface area contributed by atoms with Crippen LogP contribution < -0.4 is 5.32 Å². The van der Waals surface area contributed by atoms with Crippen molar-refractivity contribution in [2.45, 2.75) is 13.5 Å². The van der Waals surface area contributed by atoms with Gasteiger partial charge in [-0.05, 0) is 25.1 Å². The van der Waals surface area contributed by atoms with Crippen LogP contribution in [0.15, 0.2) is 30.7 Å². The quantitative estimate of drug-likeness (QED) is 0.747. The zero-order valence-corrected chi connectivity index (χ0v) is 14.2. The molecule has 2 aromatic heterocycles. The predicted molar refractivity (Wildman–Crippen MR) is 92.4 cm³/mol. The first kappa shape index (κ1) is 16.1. The Kier molecular flexibility index (Phi) is 4.43. The number of rotatable bonds is 3. The summed E-state index contributed by atoms with van der Waals surface area (Å²) in [6.07, 6.45) is 3.28. The Hall–Kier alpha value is -1.82. The molecular formula is C15H11Cl3N4O. The minimum atomic E-state index is -0.273. The lowest BCUT2D eigenvalue weighted by atomic mass is 10.3. The van der Waals surface area contributed by atoms with Gasteiger partial charge in [-0.25, -0.2) is 4.98 Å². The smallest absolute Gasteiger partial charge is 0.244 e. The summed E-state index contributed by atoms with van der Waals surface area (Å²) in [6, 6.07) is 4.85. The van der Waals surface area contributed by atoms with Gasteiger partial charge in [0.1, 0.15) is 12.1 Å². The number of hydrogen-bond acceptors (Lipinski definition) is 3. The highest BCUT2D eigenvalue weighted by atomic mass is 35.5. The molecule has 0 aliphatic rings. The van der Waals surface area contributed by atoms with Gasteiger partial charge in [-0.2, -0.15) is 0 Å². The van der Waals surface area contributed by atoms with E-state index in [0.717, 1.165) is 16.7 Å². The number of pyridine rings is 1. The Morgan fingerprint density at radius 1 is 1.22 bits per heavy atom. The number of halogens is 3. The Morgan fingerprint density at radius 3 is 2.61 bits per heavy atom. The number of carbonyl (C=O) groups excluding carboxylic acids is 1. The molecule has 118 valence electrons. The molecule has 2 heterocycles. The van der Waals surface area contributed by atoms with Crippen LogP contribution in [0, 0.1) is 6.92 Å². The number of benzene rings is 1. The number of nitrogens with one attached hydrogen (secondary N) is 1. The molecule has 0 saturated carbocycles. The lowest BCUT2D eigenvalue weighted by molar-refractivity contribution is -0.116. The van der Waals surface area contributed by atoms with E-state index in [4.69, 9.17) is 34.8 Å². The summed E-state index contributed by atoms with van der Waals surface area (Å²) in [4.78, 5) is 20.7. The van der Waals surface area contributed by atoms with E-state index in [1.807, 2.05) is 13.0 Å². The van der Waals surface area contributed by atoms with Crippen LogP contribution in [0.2, 0.25) is 15.1 Å². The molecule has 0 saturated heterocycles. The van der Waals surface area contributed by atoms with E-state index in [1.165, 1.54) is 12.1 Å². The summed E-state index contributed by atoms with van der Waals surface area (Å²) < 4.78 is 1.73. The SMILES string of the molecule is Cc1nccc2c1ncn2CC(=O)Nc1c(Cl)cc(Cl)cc1Cl. The van der Waals surface area contributed by atoms with Crippen molar-refractivity contribution in [2.75, 3.05) is 5.32 Å². The lowest BCUT2D eigenvalue weighted by Gasteiger charge is -2.10. The molecule has 0 unspecified atom stereocenters. The third kappa shape index (κ3) is 3.27. The van der Waals surface area contributed by atoms with Gasteiger partial charge >= 0.3 is 0 Å². The third-order valence-electron chi connectivity index (χ3n) is 3.31. The van der Waals surface area contributed by atoms with Gasteiger partial charge in [-0.3, -0.25) is 9.78 Å². The van der Waals surface area contributed by atoms with E-state index in [0.29, 0.717) is 10.7 Å². The van der Waals surface area contributed by atoms with Gasteiger partial charge in [-0.1, -0.05) is 34.8 Å². The minimum Gasteiger partial charge on any atom is -0.322 e. The Labute approximate surface area is 147 Å². The summed E-state index contributed by atoms with van der Waals surface area (Å²) in [6.45, 7) is 1.95. The number of anilines is 1. The van der Waals surface area contributed by atoms with Crippen molar-refractivity contribution in [1.29, 1.82) is 0 Å². The van der Waals surface area contributed by atoms with E-state index in [2.05, 4.69) is 15.3 Å². The summed E-state index contributed by atoms with van der Waals surface area (Å²) in [5, 5.41) is 3.67. The summed E-state index contributed by atoms with van der Waals surface area (Å²) in [5.74, 6) is -0.273. The zero-order valence-electron chi connectivity index (χ0n) is 12.0. The summed E-state index contributed by atoms with van der Waals surface area (Å²) in [5.41, 5.74) is 2.75. The molecule has 0 aliphatic heterocycles. The van der Waals surface area contributed by atoms with Crippen molar-refractivity contribution in [2.24, 2.45) is 0 Å². The molecule has 0 atom stereocenters. The molecular weight excluding hydrogens is 359 g/mol. The topological polar surface area (TPSA) is 59.8 Å². The van der Waals surface area contributed by atoms with E-state index in [-0.39, 0.29) is 22.5 Å². The highest BCUT2D eigenvalue weighted by molar-refractivity contribution is 6.42. The average Bonchev–Trinajstić information content (AvgIpc) is 2.87. The minimum absolute atomic E-state index is 0.0786. The first-order valence-corrected chi connectivity index (χ1v) is 7.80. The fourth-order valence-corrected chi connectivity index (χ4v) is 3.16. The second kappa shape index (κ2) is 6.35. The van der Waals surface area contributed by atoms with Crippen LogP contribution >= 0.6 is 34.8 Å². The van der Waals surface area contributed by atoms with E-state index < -0.39 is 0 Å². The molecule has 0 bridgehead atoms. The predicted octanol–water partition coefficient (Wildman–Crippen LogP) is 4.34. The Morgan fingerprint density at radius 2 is 1.91 bits per heavy atom. The van der Waals surface area contributed by atoms with Crippen LogP contribution in [0.1, 0.15) is 5.69 Å². The molecule has 1 aromatic carbocycles. The van der Waals surface area contributed by atoms with Crippen molar-refractivity contribution in [3.8, 4) is 0 Å². The molecule has 0 spiro atoms. The second-order valence-corrected chi connectivity index (χ2v) is 6.18. The Balaban J connectivity index is 1.83. The lowest BCUT2D eigenvalue weighted by Crippen LogP contribution is -2.18. The zero-order chi connectivity index (χ0) is 16.6. The van der Waals surface area contributed by atoms with E-state index in [1.54, 1.807) is 17.1 Å². The first-order chi connectivity index (χ1) is 11.0. The van der Waals surface area contributed by atoms with Crippen molar-refractivity contribution < 1.29 is 4.79 Å². The molecule has 5 nitrogen and oxygen atoms in total. The van der Waals surface area contributed by atoms with Gasteiger partial charge in [0.15, 0.2) is 0 Å². The largest absolute Gasteiger partial charge is 0.322 e. The van der Waals surface area contributed by atoms with E-state index in [9.17, 15) is 4.79 Å². The number of fused-ring (bicyclic) bond motifs is 1. The van der Waals surface area contributed by atoms with Crippen LogP contribution in [0.5, 0.6) is 0 Å². The molecule has 3 rings (SSSR count). The van der Waals surface area contributed by atoms with Crippen molar-refractivity contribution in [3.63, 3.8) is 0 Å². The van der Waals surface area contributed by atoms with Gasteiger partial charge in [0, 0.05) is 11.2 Å². The highest BCUT2D eigenvalue weighted by Gasteiger charge is 2.13. The van der Waals surface area contributed by atoms with Gasteiger partial charge in [0.2, 0.25) is 5.91 Å². The van der Waals surface area contributed by atoms with E-state index >= 15 is 0 Å². The maximum atomic E-state index is 12.3. The maximum absolute atomic E-state index is 12.3. The molecule has 1 N–H and O–H groups in total. The molecule has 3 aromatic rings.